The van der Waals surface area contributed by atoms with E-state index in [9.17, 15) is 4.79 Å². The number of rotatable bonds is 8. The highest BCUT2D eigenvalue weighted by atomic mass is 16.5. The molecule has 1 aromatic rings. The van der Waals surface area contributed by atoms with Crippen LogP contribution >= 0.6 is 0 Å². The number of benzene rings is 1. The van der Waals surface area contributed by atoms with Gasteiger partial charge in [0.1, 0.15) is 18.1 Å². The van der Waals surface area contributed by atoms with Gasteiger partial charge in [0.15, 0.2) is 0 Å². The predicted molar refractivity (Wildman–Crippen MR) is 79.3 cm³/mol. The Labute approximate surface area is 120 Å². The van der Waals surface area contributed by atoms with Gasteiger partial charge in [0.05, 0.1) is 13.2 Å². The number of carbonyl (C=O) groups excluding carboxylic acids is 1. The van der Waals surface area contributed by atoms with Crippen molar-refractivity contribution in [3.63, 3.8) is 0 Å². The van der Waals surface area contributed by atoms with Gasteiger partial charge in [-0.1, -0.05) is 13.8 Å². The van der Waals surface area contributed by atoms with E-state index in [1.165, 1.54) is 0 Å². The van der Waals surface area contributed by atoms with E-state index >= 15 is 0 Å². The molecule has 0 unspecified atom stereocenters. The Morgan fingerprint density at radius 2 is 1.70 bits per heavy atom. The van der Waals surface area contributed by atoms with Crippen molar-refractivity contribution in [3.8, 4) is 11.5 Å². The second kappa shape index (κ2) is 9.07. The maximum absolute atomic E-state index is 11.4. The van der Waals surface area contributed by atoms with E-state index < -0.39 is 0 Å². The summed E-state index contributed by atoms with van der Waals surface area (Å²) in [4.78, 5) is 11.4. The first kappa shape index (κ1) is 16.1. The zero-order chi connectivity index (χ0) is 14.8. The van der Waals surface area contributed by atoms with Gasteiger partial charge in [-0.2, -0.15) is 0 Å². The molecule has 2 amide bonds. The van der Waals surface area contributed by atoms with Gasteiger partial charge in [-0.15, -0.1) is 0 Å². The quantitative estimate of drug-likeness (QED) is 0.719. The molecule has 0 heterocycles. The fourth-order valence-electron chi connectivity index (χ4n) is 1.49. The highest BCUT2D eigenvalue weighted by Gasteiger charge is 2.01. The normalized spacial score (nSPS) is 10.2. The zero-order valence-electron chi connectivity index (χ0n) is 12.4. The van der Waals surface area contributed by atoms with Crippen LogP contribution in [-0.4, -0.2) is 32.3 Å². The first-order chi connectivity index (χ1) is 9.61. The summed E-state index contributed by atoms with van der Waals surface area (Å²) in [5.74, 6) is 2.03. The number of carbonyl (C=O) groups is 1. The second-order valence-electron chi connectivity index (χ2n) is 4.78. The minimum atomic E-state index is -0.158. The van der Waals surface area contributed by atoms with Crippen molar-refractivity contribution in [2.75, 3.05) is 26.3 Å². The third-order valence-corrected chi connectivity index (χ3v) is 2.46. The standard InChI is InChI=1S/C15H24N2O3/c1-4-19-13-5-7-14(8-6-13)20-10-9-16-15(18)17-11-12(2)3/h5-8,12H,4,9-11H2,1-3H3,(H2,16,17,18). The lowest BCUT2D eigenvalue weighted by atomic mass is 10.2. The largest absolute Gasteiger partial charge is 0.494 e. The molecule has 0 aliphatic carbocycles. The lowest BCUT2D eigenvalue weighted by molar-refractivity contribution is 0.235. The van der Waals surface area contributed by atoms with Crippen LogP contribution in [0.2, 0.25) is 0 Å². The molecule has 0 radical (unpaired) electrons. The molecule has 0 aromatic heterocycles. The SMILES string of the molecule is CCOc1ccc(OCCNC(=O)NCC(C)C)cc1. The van der Waals surface area contributed by atoms with Gasteiger partial charge in [-0.25, -0.2) is 4.79 Å². The lowest BCUT2D eigenvalue weighted by Crippen LogP contribution is -2.39. The van der Waals surface area contributed by atoms with Gasteiger partial charge in [0, 0.05) is 6.54 Å². The molecule has 0 aliphatic rings. The Hall–Kier alpha value is -1.91. The van der Waals surface area contributed by atoms with E-state index in [1.54, 1.807) is 0 Å². The molecule has 5 nitrogen and oxygen atoms in total. The zero-order valence-corrected chi connectivity index (χ0v) is 12.4. The Morgan fingerprint density at radius 3 is 2.25 bits per heavy atom. The fourth-order valence-corrected chi connectivity index (χ4v) is 1.49. The highest BCUT2D eigenvalue weighted by Crippen LogP contribution is 2.17. The summed E-state index contributed by atoms with van der Waals surface area (Å²) in [6.45, 7) is 8.27. The van der Waals surface area contributed by atoms with Crippen LogP contribution in [0.3, 0.4) is 0 Å². The molecule has 0 spiro atoms. The Morgan fingerprint density at radius 1 is 1.10 bits per heavy atom. The second-order valence-corrected chi connectivity index (χ2v) is 4.78. The minimum absolute atomic E-state index is 0.158. The molecule has 0 aliphatic heterocycles. The first-order valence-corrected chi connectivity index (χ1v) is 6.99. The number of hydrogen-bond acceptors (Lipinski definition) is 3. The van der Waals surface area contributed by atoms with Crippen LogP contribution in [0.5, 0.6) is 11.5 Å². The Kier molecular flexibility index (Phi) is 7.32. The van der Waals surface area contributed by atoms with E-state index in [2.05, 4.69) is 24.5 Å². The van der Waals surface area contributed by atoms with Crippen molar-refractivity contribution in [1.82, 2.24) is 10.6 Å². The van der Waals surface area contributed by atoms with Crippen molar-refractivity contribution in [3.05, 3.63) is 24.3 Å². The topological polar surface area (TPSA) is 59.6 Å². The molecule has 0 fully saturated rings. The monoisotopic (exact) mass is 280 g/mol. The third kappa shape index (κ3) is 6.87. The Balaban J connectivity index is 2.16. The molecule has 0 atom stereocenters. The van der Waals surface area contributed by atoms with Crippen LogP contribution < -0.4 is 20.1 Å². The van der Waals surface area contributed by atoms with Crippen LogP contribution in [0.25, 0.3) is 0 Å². The smallest absolute Gasteiger partial charge is 0.314 e. The molecule has 5 heteroatoms. The number of hydrogen-bond donors (Lipinski definition) is 2. The highest BCUT2D eigenvalue weighted by molar-refractivity contribution is 5.73. The fraction of sp³-hybridized carbons (Fsp3) is 0.533. The molecule has 2 N–H and O–H groups in total. The number of nitrogens with one attached hydrogen (secondary N) is 2. The summed E-state index contributed by atoms with van der Waals surface area (Å²) in [6.07, 6.45) is 0. The molecule has 0 saturated carbocycles. The summed E-state index contributed by atoms with van der Waals surface area (Å²) >= 11 is 0. The Bertz CT molecular complexity index is 391. The van der Waals surface area contributed by atoms with Gasteiger partial charge in [0.25, 0.3) is 0 Å². The lowest BCUT2D eigenvalue weighted by Gasteiger charge is -2.10. The average Bonchev–Trinajstić information content (AvgIpc) is 2.43. The molecular weight excluding hydrogens is 256 g/mol. The molecule has 0 saturated heterocycles. The third-order valence-electron chi connectivity index (χ3n) is 2.46. The maximum Gasteiger partial charge on any atom is 0.314 e. The summed E-state index contributed by atoms with van der Waals surface area (Å²) in [7, 11) is 0. The van der Waals surface area contributed by atoms with E-state index in [0.29, 0.717) is 32.2 Å². The van der Waals surface area contributed by atoms with Crippen molar-refractivity contribution < 1.29 is 14.3 Å². The predicted octanol–water partition coefficient (Wildman–Crippen LogP) is 2.42. The molecule has 1 rings (SSSR count). The van der Waals surface area contributed by atoms with E-state index in [0.717, 1.165) is 11.5 Å². The van der Waals surface area contributed by atoms with Crippen molar-refractivity contribution >= 4 is 6.03 Å². The molecule has 20 heavy (non-hydrogen) atoms. The van der Waals surface area contributed by atoms with Gasteiger partial charge < -0.3 is 20.1 Å². The van der Waals surface area contributed by atoms with Crippen LogP contribution in [0.15, 0.2) is 24.3 Å². The first-order valence-electron chi connectivity index (χ1n) is 6.99. The molecular formula is C15H24N2O3. The minimum Gasteiger partial charge on any atom is -0.494 e. The van der Waals surface area contributed by atoms with Crippen LogP contribution in [-0.2, 0) is 0 Å². The maximum atomic E-state index is 11.4. The summed E-state index contributed by atoms with van der Waals surface area (Å²) in [5.41, 5.74) is 0. The van der Waals surface area contributed by atoms with Crippen LogP contribution in [0.1, 0.15) is 20.8 Å². The van der Waals surface area contributed by atoms with E-state index in [-0.39, 0.29) is 6.03 Å². The number of ether oxygens (including phenoxy) is 2. The molecule has 112 valence electrons. The van der Waals surface area contributed by atoms with Gasteiger partial charge >= 0.3 is 6.03 Å². The van der Waals surface area contributed by atoms with Crippen LogP contribution in [0, 0.1) is 5.92 Å². The average molecular weight is 280 g/mol. The van der Waals surface area contributed by atoms with Gasteiger partial charge in [-0.3, -0.25) is 0 Å². The van der Waals surface area contributed by atoms with E-state index in [4.69, 9.17) is 9.47 Å². The van der Waals surface area contributed by atoms with Crippen molar-refractivity contribution in [1.29, 1.82) is 0 Å². The van der Waals surface area contributed by atoms with Gasteiger partial charge in [0.2, 0.25) is 0 Å². The van der Waals surface area contributed by atoms with Gasteiger partial charge in [-0.05, 0) is 37.1 Å². The summed E-state index contributed by atoms with van der Waals surface area (Å²) in [6, 6.07) is 7.27. The van der Waals surface area contributed by atoms with Crippen molar-refractivity contribution in [2.24, 2.45) is 5.92 Å². The summed E-state index contributed by atoms with van der Waals surface area (Å²) < 4.78 is 10.9. The van der Waals surface area contributed by atoms with E-state index in [1.807, 2.05) is 31.2 Å². The molecule has 1 aromatic carbocycles. The number of amides is 2. The molecule has 0 bridgehead atoms. The van der Waals surface area contributed by atoms with Crippen molar-refractivity contribution in [2.45, 2.75) is 20.8 Å². The van der Waals surface area contributed by atoms with Crippen LogP contribution in [0.4, 0.5) is 4.79 Å². The number of urea groups is 1. The summed E-state index contributed by atoms with van der Waals surface area (Å²) in [5, 5.41) is 5.52.